The van der Waals surface area contributed by atoms with Gasteiger partial charge in [0.05, 0.1) is 31.1 Å². The first-order valence-electron chi connectivity index (χ1n) is 7.46. The molecule has 2 rings (SSSR count). The maximum absolute atomic E-state index is 12.2. The van der Waals surface area contributed by atoms with E-state index in [1.165, 1.54) is 25.3 Å². The molecule has 126 valence electrons. The van der Waals surface area contributed by atoms with Crippen LogP contribution >= 0.6 is 0 Å². The number of aromatic carboxylic acids is 1. The number of hydrogen-bond acceptors (Lipinski definition) is 5. The monoisotopic (exact) mass is 323 g/mol. The second-order valence-corrected chi connectivity index (χ2v) is 5.32. The topological polar surface area (TPSA) is 94.1 Å². The Bertz CT molecular complexity index is 568. The summed E-state index contributed by atoms with van der Waals surface area (Å²) in [5, 5.41) is 11.6. The molecule has 1 aliphatic rings. The molecule has 7 nitrogen and oxygen atoms in total. The van der Waals surface area contributed by atoms with Crippen LogP contribution in [0.25, 0.3) is 0 Å². The van der Waals surface area contributed by atoms with Crippen LogP contribution in [0.5, 0.6) is 5.75 Å². The van der Waals surface area contributed by atoms with Gasteiger partial charge >= 0.3 is 5.97 Å². The lowest BCUT2D eigenvalue weighted by Crippen LogP contribution is -2.30. The van der Waals surface area contributed by atoms with Crippen LogP contribution in [0.4, 0.5) is 5.69 Å². The molecule has 1 fully saturated rings. The third kappa shape index (κ3) is 4.67. The minimum absolute atomic E-state index is 0.0506. The molecule has 23 heavy (non-hydrogen) atoms. The Balaban J connectivity index is 1.94. The summed E-state index contributed by atoms with van der Waals surface area (Å²) in [6.07, 6.45) is 1.36. The van der Waals surface area contributed by atoms with Crippen molar-refractivity contribution in [1.82, 2.24) is 0 Å². The zero-order valence-corrected chi connectivity index (χ0v) is 13.2. The first-order chi connectivity index (χ1) is 11.0. The van der Waals surface area contributed by atoms with E-state index in [1.807, 2.05) is 0 Å². The molecule has 0 spiro atoms. The number of carboxylic acid groups (broad SMARTS) is 1. The van der Waals surface area contributed by atoms with E-state index in [1.54, 1.807) is 6.92 Å². The molecule has 2 N–H and O–H groups in total. The van der Waals surface area contributed by atoms with Crippen molar-refractivity contribution in [3.8, 4) is 5.75 Å². The SMILES string of the molecule is COc1cc(C(=O)O)ccc1NC(=O)C(C)OCC1CCCO1. The summed E-state index contributed by atoms with van der Waals surface area (Å²) in [5.74, 6) is -1.11. The third-order valence-corrected chi connectivity index (χ3v) is 3.63. The number of carbonyl (C=O) groups excluding carboxylic acids is 1. The highest BCUT2D eigenvalue weighted by Crippen LogP contribution is 2.26. The highest BCUT2D eigenvalue weighted by molar-refractivity contribution is 5.96. The van der Waals surface area contributed by atoms with Gasteiger partial charge in [0.15, 0.2) is 0 Å². The van der Waals surface area contributed by atoms with Gasteiger partial charge in [-0.05, 0) is 38.0 Å². The molecule has 2 atom stereocenters. The van der Waals surface area contributed by atoms with Crippen molar-refractivity contribution in [2.75, 3.05) is 25.6 Å². The second-order valence-electron chi connectivity index (χ2n) is 5.32. The van der Waals surface area contributed by atoms with E-state index < -0.39 is 12.1 Å². The van der Waals surface area contributed by atoms with Gasteiger partial charge in [0.2, 0.25) is 0 Å². The van der Waals surface area contributed by atoms with Crippen LogP contribution in [0, 0.1) is 0 Å². The smallest absolute Gasteiger partial charge is 0.335 e. The largest absolute Gasteiger partial charge is 0.495 e. The quantitative estimate of drug-likeness (QED) is 0.796. The zero-order chi connectivity index (χ0) is 16.8. The minimum atomic E-state index is -1.06. The predicted molar refractivity (Wildman–Crippen MR) is 83.0 cm³/mol. The van der Waals surface area contributed by atoms with E-state index in [-0.39, 0.29) is 23.3 Å². The standard InChI is InChI=1S/C16H21NO6/c1-10(23-9-12-4-3-7-22-12)15(18)17-13-6-5-11(16(19)20)8-14(13)21-2/h5-6,8,10,12H,3-4,7,9H2,1-2H3,(H,17,18)(H,19,20). The first kappa shape index (κ1) is 17.2. The van der Waals surface area contributed by atoms with Crippen molar-refractivity contribution in [3.63, 3.8) is 0 Å². The van der Waals surface area contributed by atoms with E-state index in [9.17, 15) is 9.59 Å². The molecule has 2 unspecified atom stereocenters. The van der Waals surface area contributed by atoms with Crippen LogP contribution in [0.1, 0.15) is 30.1 Å². The molecule has 1 aromatic rings. The summed E-state index contributed by atoms with van der Waals surface area (Å²) in [7, 11) is 1.41. The number of carboxylic acids is 1. The van der Waals surface area contributed by atoms with Gasteiger partial charge in [0.1, 0.15) is 11.9 Å². The van der Waals surface area contributed by atoms with Crippen LogP contribution in [0.3, 0.4) is 0 Å². The summed E-state index contributed by atoms with van der Waals surface area (Å²) < 4.78 is 16.1. The summed E-state index contributed by atoms with van der Waals surface area (Å²) in [5.41, 5.74) is 0.484. The van der Waals surface area contributed by atoms with Crippen molar-refractivity contribution < 1.29 is 28.9 Å². The lowest BCUT2D eigenvalue weighted by atomic mass is 10.2. The Hall–Kier alpha value is -2.12. The van der Waals surface area contributed by atoms with E-state index in [2.05, 4.69) is 5.32 Å². The van der Waals surface area contributed by atoms with Gasteiger partial charge in [-0.2, -0.15) is 0 Å². The summed E-state index contributed by atoms with van der Waals surface area (Å²) in [4.78, 5) is 23.1. The zero-order valence-electron chi connectivity index (χ0n) is 13.2. The normalized spacial score (nSPS) is 18.4. The van der Waals surface area contributed by atoms with Crippen LogP contribution < -0.4 is 10.1 Å². The Morgan fingerprint density at radius 3 is 2.87 bits per heavy atom. The molecule has 1 amide bonds. The van der Waals surface area contributed by atoms with Gasteiger partial charge in [-0.25, -0.2) is 4.79 Å². The molecule has 0 radical (unpaired) electrons. The lowest BCUT2D eigenvalue weighted by molar-refractivity contribution is -0.128. The molecule has 0 saturated carbocycles. The van der Waals surface area contributed by atoms with Gasteiger partial charge in [-0.1, -0.05) is 0 Å². The number of benzene rings is 1. The van der Waals surface area contributed by atoms with Gasteiger partial charge < -0.3 is 24.6 Å². The second kappa shape index (κ2) is 7.94. The Labute approximate surface area is 134 Å². The number of hydrogen-bond donors (Lipinski definition) is 2. The van der Waals surface area contributed by atoms with E-state index >= 15 is 0 Å². The number of rotatable bonds is 7. The summed E-state index contributed by atoms with van der Waals surface area (Å²) in [6, 6.07) is 4.25. The summed E-state index contributed by atoms with van der Waals surface area (Å²) in [6.45, 7) is 2.77. The van der Waals surface area contributed by atoms with Crippen molar-refractivity contribution in [2.24, 2.45) is 0 Å². The molecular formula is C16H21NO6. The summed E-state index contributed by atoms with van der Waals surface area (Å²) >= 11 is 0. The van der Waals surface area contributed by atoms with Crippen molar-refractivity contribution in [3.05, 3.63) is 23.8 Å². The Morgan fingerprint density at radius 2 is 2.26 bits per heavy atom. The number of methoxy groups -OCH3 is 1. The Kier molecular flexibility index (Phi) is 5.95. The van der Waals surface area contributed by atoms with Gasteiger partial charge in [-0.15, -0.1) is 0 Å². The highest BCUT2D eigenvalue weighted by Gasteiger charge is 2.21. The average Bonchev–Trinajstić information content (AvgIpc) is 3.06. The van der Waals surface area contributed by atoms with Crippen LogP contribution in [-0.2, 0) is 14.3 Å². The molecule has 0 bridgehead atoms. The molecule has 1 heterocycles. The molecule has 7 heteroatoms. The molecule has 1 aromatic carbocycles. The van der Waals surface area contributed by atoms with E-state index in [4.69, 9.17) is 19.3 Å². The highest BCUT2D eigenvalue weighted by atomic mass is 16.5. The van der Waals surface area contributed by atoms with Gasteiger partial charge in [0, 0.05) is 6.61 Å². The van der Waals surface area contributed by atoms with Crippen LogP contribution in [0.15, 0.2) is 18.2 Å². The van der Waals surface area contributed by atoms with Crippen molar-refractivity contribution >= 4 is 17.6 Å². The van der Waals surface area contributed by atoms with Crippen LogP contribution in [-0.4, -0.2) is 49.5 Å². The van der Waals surface area contributed by atoms with Crippen molar-refractivity contribution in [1.29, 1.82) is 0 Å². The fourth-order valence-electron chi connectivity index (χ4n) is 2.27. The van der Waals surface area contributed by atoms with Crippen LogP contribution in [0.2, 0.25) is 0 Å². The molecule has 0 aliphatic carbocycles. The fourth-order valence-corrected chi connectivity index (χ4v) is 2.27. The lowest BCUT2D eigenvalue weighted by Gasteiger charge is -2.17. The maximum Gasteiger partial charge on any atom is 0.335 e. The maximum atomic E-state index is 12.2. The van der Waals surface area contributed by atoms with Crippen molar-refractivity contribution in [2.45, 2.75) is 32.0 Å². The number of nitrogens with one attached hydrogen (secondary N) is 1. The molecular weight excluding hydrogens is 302 g/mol. The van der Waals surface area contributed by atoms with E-state index in [0.717, 1.165) is 19.4 Å². The molecule has 1 saturated heterocycles. The fraction of sp³-hybridized carbons (Fsp3) is 0.500. The first-order valence-corrected chi connectivity index (χ1v) is 7.46. The average molecular weight is 323 g/mol. The number of amides is 1. The Morgan fingerprint density at radius 1 is 1.48 bits per heavy atom. The molecule has 0 aromatic heterocycles. The predicted octanol–water partition coefficient (Wildman–Crippen LogP) is 1.92. The number of carbonyl (C=O) groups is 2. The van der Waals surface area contributed by atoms with Gasteiger partial charge in [0.25, 0.3) is 5.91 Å². The third-order valence-electron chi connectivity index (χ3n) is 3.63. The minimum Gasteiger partial charge on any atom is -0.495 e. The van der Waals surface area contributed by atoms with E-state index in [0.29, 0.717) is 12.3 Å². The number of anilines is 1. The molecule has 1 aliphatic heterocycles. The van der Waals surface area contributed by atoms with Gasteiger partial charge in [-0.3, -0.25) is 4.79 Å². The number of ether oxygens (including phenoxy) is 3.